The number of aryl methyl sites for hydroxylation is 2. The Hall–Kier alpha value is -1.42. The molecule has 1 aromatic heterocycles. The molecule has 1 heterocycles. The highest BCUT2D eigenvalue weighted by Gasteiger charge is 2.05. The number of amides is 1. The highest BCUT2D eigenvalue weighted by atomic mass is 32.1. The zero-order valence-electron chi connectivity index (χ0n) is 12.5. The fourth-order valence-electron chi connectivity index (χ4n) is 2.20. The maximum atomic E-state index is 11.7. The van der Waals surface area contributed by atoms with E-state index in [0.717, 1.165) is 23.2 Å². The first kappa shape index (κ1) is 15.0. The Morgan fingerprint density at radius 2 is 2.10 bits per heavy atom. The maximum absolute atomic E-state index is 11.7. The van der Waals surface area contributed by atoms with Crippen LogP contribution in [-0.2, 0) is 18.3 Å². The number of hydrogen-bond donors (Lipinski definition) is 0. The van der Waals surface area contributed by atoms with Gasteiger partial charge in [0.15, 0.2) is 4.80 Å². The molecule has 0 unspecified atom stereocenters. The predicted molar refractivity (Wildman–Crippen MR) is 84.9 cm³/mol. The van der Waals surface area contributed by atoms with Crippen LogP contribution in [-0.4, -0.2) is 10.5 Å². The van der Waals surface area contributed by atoms with E-state index in [1.807, 2.05) is 18.5 Å². The van der Waals surface area contributed by atoms with Gasteiger partial charge < -0.3 is 4.57 Å². The number of carbonyl (C=O) groups is 1. The SMILES string of the molecule is CCCCc1ccc2c(c1)sc(=NC(=O)CCC)n2C. The van der Waals surface area contributed by atoms with E-state index in [0.29, 0.717) is 6.42 Å². The third-order valence-corrected chi connectivity index (χ3v) is 4.47. The lowest BCUT2D eigenvalue weighted by Crippen LogP contribution is -2.12. The van der Waals surface area contributed by atoms with E-state index in [-0.39, 0.29) is 5.91 Å². The second-order valence-electron chi connectivity index (χ2n) is 5.10. The van der Waals surface area contributed by atoms with Crippen molar-refractivity contribution in [2.75, 3.05) is 0 Å². The molecule has 20 heavy (non-hydrogen) atoms. The summed E-state index contributed by atoms with van der Waals surface area (Å²) in [5, 5.41) is 0. The maximum Gasteiger partial charge on any atom is 0.248 e. The van der Waals surface area contributed by atoms with Gasteiger partial charge in [0, 0.05) is 13.5 Å². The number of fused-ring (bicyclic) bond motifs is 1. The molecule has 0 saturated carbocycles. The van der Waals surface area contributed by atoms with Crippen LogP contribution in [0.15, 0.2) is 23.2 Å². The topological polar surface area (TPSA) is 34.4 Å². The highest BCUT2D eigenvalue weighted by molar-refractivity contribution is 7.16. The molecule has 108 valence electrons. The fourth-order valence-corrected chi connectivity index (χ4v) is 3.30. The first-order valence-corrected chi connectivity index (χ1v) is 8.13. The van der Waals surface area contributed by atoms with Crippen LogP contribution in [0.25, 0.3) is 10.2 Å². The Labute approximate surface area is 124 Å². The van der Waals surface area contributed by atoms with Gasteiger partial charge >= 0.3 is 0 Å². The number of nitrogens with zero attached hydrogens (tertiary/aromatic N) is 2. The van der Waals surface area contributed by atoms with E-state index in [4.69, 9.17) is 0 Å². The number of carbonyl (C=O) groups excluding carboxylic acids is 1. The Morgan fingerprint density at radius 3 is 2.80 bits per heavy atom. The van der Waals surface area contributed by atoms with E-state index in [9.17, 15) is 4.79 Å². The molecule has 0 atom stereocenters. The van der Waals surface area contributed by atoms with E-state index >= 15 is 0 Å². The van der Waals surface area contributed by atoms with Crippen molar-refractivity contribution in [3.05, 3.63) is 28.6 Å². The lowest BCUT2D eigenvalue weighted by Gasteiger charge is -2.00. The predicted octanol–water partition coefficient (Wildman–Crippen LogP) is 3.81. The molecule has 0 radical (unpaired) electrons. The Bertz CT molecular complexity index is 667. The minimum Gasteiger partial charge on any atom is -0.319 e. The molecule has 0 aliphatic carbocycles. The molecule has 0 aliphatic heterocycles. The number of benzene rings is 1. The van der Waals surface area contributed by atoms with Crippen molar-refractivity contribution in [1.82, 2.24) is 4.57 Å². The number of unbranched alkanes of at least 4 members (excludes halogenated alkanes) is 1. The Morgan fingerprint density at radius 1 is 1.30 bits per heavy atom. The minimum absolute atomic E-state index is 0.0270. The van der Waals surface area contributed by atoms with Crippen LogP contribution in [0.3, 0.4) is 0 Å². The first-order chi connectivity index (χ1) is 9.65. The van der Waals surface area contributed by atoms with Gasteiger partial charge in [-0.25, -0.2) is 0 Å². The van der Waals surface area contributed by atoms with E-state index < -0.39 is 0 Å². The summed E-state index contributed by atoms with van der Waals surface area (Å²) in [6, 6.07) is 6.56. The minimum atomic E-state index is -0.0270. The van der Waals surface area contributed by atoms with Gasteiger partial charge in [-0.1, -0.05) is 37.7 Å². The van der Waals surface area contributed by atoms with Crippen LogP contribution in [0.4, 0.5) is 0 Å². The molecular weight excluding hydrogens is 268 g/mol. The number of hydrogen-bond acceptors (Lipinski definition) is 2. The second-order valence-corrected chi connectivity index (χ2v) is 6.11. The number of rotatable bonds is 5. The van der Waals surface area contributed by atoms with Gasteiger partial charge in [-0.15, -0.1) is 0 Å². The Balaban J connectivity index is 2.39. The molecule has 2 rings (SSSR count). The van der Waals surface area contributed by atoms with Gasteiger partial charge in [-0.05, 0) is 37.0 Å². The molecule has 0 aliphatic rings. The highest BCUT2D eigenvalue weighted by Crippen LogP contribution is 2.19. The molecule has 2 aromatic rings. The van der Waals surface area contributed by atoms with Gasteiger partial charge in [0.05, 0.1) is 10.2 Å². The molecule has 1 amide bonds. The summed E-state index contributed by atoms with van der Waals surface area (Å²) in [4.78, 5) is 16.7. The van der Waals surface area contributed by atoms with Crippen LogP contribution < -0.4 is 4.80 Å². The lowest BCUT2D eigenvalue weighted by molar-refractivity contribution is -0.118. The summed E-state index contributed by atoms with van der Waals surface area (Å²) in [7, 11) is 1.97. The van der Waals surface area contributed by atoms with Gasteiger partial charge in [-0.3, -0.25) is 4.79 Å². The van der Waals surface area contributed by atoms with Crippen LogP contribution in [0.1, 0.15) is 45.1 Å². The second kappa shape index (κ2) is 6.84. The molecule has 0 fully saturated rings. The largest absolute Gasteiger partial charge is 0.319 e. The van der Waals surface area contributed by atoms with Crippen LogP contribution in [0.5, 0.6) is 0 Å². The Kier molecular flexibility index (Phi) is 5.12. The quantitative estimate of drug-likeness (QED) is 0.824. The summed E-state index contributed by atoms with van der Waals surface area (Å²) >= 11 is 1.60. The summed E-state index contributed by atoms with van der Waals surface area (Å²) in [6.07, 6.45) is 4.92. The van der Waals surface area contributed by atoms with E-state index in [1.54, 1.807) is 11.3 Å². The van der Waals surface area contributed by atoms with Crippen molar-refractivity contribution < 1.29 is 4.79 Å². The average molecular weight is 290 g/mol. The molecule has 0 N–H and O–H groups in total. The molecule has 0 spiro atoms. The third-order valence-electron chi connectivity index (χ3n) is 3.38. The molecule has 0 bridgehead atoms. The van der Waals surface area contributed by atoms with Crippen molar-refractivity contribution in [2.45, 2.75) is 46.0 Å². The zero-order chi connectivity index (χ0) is 14.5. The van der Waals surface area contributed by atoms with Crippen molar-refractivity contribution in [3.63, 3.8) is 0 Å². The molecule has 1 aromatic carbocycles. The van der Waals surface area contributed by atoms with Crippen LogP contribution >= 0.6 is 11.3 Å². The summed E-state index contributed by atoms with van der Waals surface area (Å²) < 4.78 is 3.22. The van der Waals surface area contributed by atoms with Crippen molar-refractivity contribution >= 4 is 27.5 Å². The molecular formula is C16H22N2OS. The zero-order valence-corrected chi connectivity index (χ0v) is 13.3. The molecule has 4 heteroatoms. The monoisotopic (exact) mass is 290 g/mol. The average Bonchev–Trinajstić information content (AvgIpc) is 2.73. The standard InChI is InChI=1S/C16H22N2OS/c1-4-6-8-12-9-10-13-14(11-12)20-16(18(13)3)17-15(19)7-5-2/h9-11H,4-8H2,1-3H3. The summed E-state index contributed by atoms with van der Waals surface area (Å²) in [5.74, 6) is -0.0270. The third kappa shape index (κ3) is 3.37. The number of aromatic nitrogens is 1. The van der Waals surface area contributed by atoms with Gasteiger partial charge in [0.2, 0.25) is 5.91 Å². The van der Waals surface area contributed by atoms with Gasteiger partial charge in [-0.2, -0.15) is 4.99 Å². The molecule has 3 nitrogen and oxygen atoms in total. The fraction of sp³-hybridized carbons (Fsp3) is 0.500. The smallest absolute Gasteiger partial charge is 0.248 e. The van der Waals surface area contributed by atoms with Crippen LogP contribution in [0, 0.1) is 0 Å². The summed E-state index contributed by atoms with van der Waals surface area (Å²) in [6.45, 7) is 4.21. The van der Waals surface area contributed by atoms with Crippen molar-refractivity contribution in [1.29, 1.82) is 0 Å². The number of thiazole rings is 1. The van der Waals surface area contributed by atoms with E-state index in [1.165, 1.54) is 23.1 Å². The summed E-state index contributed by atoms with van der Waals surface area (Å²) in [5.41, 5.74) is 2.52. The van der Waals surface area contributed by atoms with E-state index in [2.05, 4.69) is 30.1 Å². The van der Waals surface area contributed by atoms with Crippen molar-refractivity contribution in [3.8, 4) is 0 Å². The van der Waals surface area contributed by atoms with Crippen LogP contribution in [0.2, 0.25) is 0 Å². The van der Waals surface area contributed by atoms with Gasteiger partial charge in [0.25, 0.3) is 0 Å². The van der Waals surface area contributed by atoms with Gasteiger partial charge in [0.1, 0.15) is 0 Å². The lowest BCUT2D eigenvalue weighted by atomic mass is 10.1. The normalized spacial score (nSPS) is 12.2. The first-order valence-electron chi connectivity index (χ1n) is 7.31. The molecule has 0 saturated heterocycles. The van der Waals surface area contributed by atoms with Crippen molar-refractivity contribution in [2.24, 2.45) is 12.0 Å².